The van der Waals surface area contributed by atoms with E-state index in [1.165, 1.54) is 43.0 Å². The molecule has 1 unspecified atom stereocenters. The fourth-order valence-electron chi connectivity index (χ4n) is 1.79. The fraction of sp³-hybridized carbons (Fsp3) is 0.357. The number of oxime groups is 1. The van der Waals surface area contributed by atoms with Crippen LogP contribution in [0.1, 0.15) is 13.8 Å². The first-order valence-corrected chi connectivity index (χ1v) is 9.93. The Morgan fingerprint density at radius 2 is 2.00 bits per heavy atom. The molecule has 1 saturated heterocycles. The number of carbonyl (C=O) groups excluding carboxylic acids is 2. The van der Waals surface area contributed by atoms with Crippen LogP contribution in [0.5, 0.6) is 0 Å². The highest BCUT2D eigenvalue weighted by Crippen LogP contribution is 2.38. The molecule has 1 atom stereocenters. The topological polar surface area (TPSA) is 71.0 Å². The average Bonchev–Trinajstić information content (AvgIpc) is 2.95. The summed E-state index contributed by atoms with van der Waals surface area (Å²) in [5.74, 6) is -0.324. The Kier molecular flexibility index (Phi) is 7.12. The Morgan fingerprint density at radius 3 is 2.50 bits per heavy atom. The van der Waals surface area contributed by atoms with E-state index in [1.54, 1.807) is 11.8 Å². The van der Waals surface area contributed by atoms with Gasteiger partial charge in [-0.15, -0.1) is 11.8 Å². The summed E-state index contributed by atoms with van der Waals surface area (Å²) in [7, 11) is 0. The van der Waals surface area contributed by atoms with Crippen LogP contribution >= 0.6 is 35.5 Å². The van der Waals surface area contributed by atoms with Gasteiger partial charge < -0.3 is 5.32 Å². The predicted octanol–water partition coefficient (Wildman–Crippen LogP) is 4.90. The van der Waals surface area contributed by atoms with E-state index in [0.29, 0.717) is 15.0 Å². The Balaban J connectivity index is 2.17. The molecule has 26 heavy (non-hydrogen) atoms. The zero-order chi connectivity index (χ0) is 19.3. The highest BCUT2D eigenvalue weighted by Gasteiger charge is 2.37. The maximum absolute atomic E-state index is 12.8. The molecule has 6 nitrogen and oxygen atoms in total. The van der Waals surface area contributed by atoms with Gasteiger partial charge in [0.05, 0.1) is 22.9 Å². The number of halogens is 3. The molecular formula is C14H14F3N3O3S3. The Morgan fingerprint density at radius 1 is 1.35 bits per heavy atom. The van der Waals surface area contributed by atoms with Gasteiger partial charge in [-0.05, 0) is 31.2 Å². The molecule has 0 radical (unpaired) electrons. The van der Waals surface area contributed by atoms with Crippen molar-refractivity contribution < 1.29 is 27.6 Å². The fourth-order valence-corrected chi connectivity index (χ4v) is 4.82. The molecule has 142 valence electrons. The standard InChI is InChI=1S/C14H14F3N3O3S3/c1-8-12(25-7-24-8)19-23-13(22)20(26-14(15,16)17)11-5-3-10(4-6-11)18-9(2)21/h3-6,8H,7H2,1-2H3,(H,18,21). The molecule has 1 aliphatic heterocycles. The van der Waals surface area contributed by atoms with Crippen LogP contribution in [0.4, 0.5) is 29.3 Å². The first-order chi connectivity index (χ1) is 12.2. The van der Waals surface area contributed by atoms with Gasteiger partial charge in [0.1, 0.15) is 5.04 Å². The molecular weight excluding hydrogens is 411 g/mol. The van der Waals surface area contributed by atoms with Crippen LogP contribution in [0.3, 0.4) is 0 Å². The van der Waals surface area contributed by atoms with Crippen molar-refractivity contribution in [2.24, 2.45) is 5.16 Å². The van der Waals surface area contributed by atoms with Crippen molar-refractivity contribution in [3.8, 4) is 0 Å². The predicted molar refractivity (Wildman–Crippen MR) is 100 cm³/mol. The molecule has 0 saturated carbocycles. The third-order valence-electron chi connectivity index (χ3n) is 2.87. The van der Waals surface area contributed by atoms with Gasteiger partial charge in [0.25, 0.3) is 0 Å². The minimum absolute atomic E-state index is 0.0217. The molecule has 1 aromatic rings. The molecule has 2 rings (SSSR count). The zero-order valence-corrected chi connectivity index (χ0v) is 16.0. The lowest BCUT2D eigenvalue weighted by molar-refractivity contribution is -0.114. The van der Waals surface area contributed by atoms with E-state index in [0.717, 1.165) is 5.08 Å². The Bertz CT molecular complexity index is 698. The second-order valence-corrected chi connectivity index (χ2v) is 8.62. The highest BCUT2D eigenvalue weighted by molar-refractivity contribution is 8.29. The number of anilines is 2. The monoisotopic (exact) mass is 425 g/mol. The molecule has 2 amide bonds. The number of nitrogens with one attached hydrogen (secondary N) is 1. The molecule has 12 heteroatoms. The molecule has 1 N–H and O–H groups in total. The van der Waals surface area contributed by atoms with E-state index in [1.807, 2.05) is 6.92 Å². The molecule has 0 bridgehead atoms. The van der Waals surface area contributed by atoms with Crippen molar-refractivity contribution in [2.75, 3.05) is 14.7 Å². The summed E-state index contributed by atoms with van der Waals surface area (Å²) in [6, 6.07) is 5.29. The van der Waals surface area contributed by atoms with Crippen molar-refractivity contribution >= 4 is 63.9 Å². The van der Waals surface area contributed by atoms with Gasteiger partial charge in [-0.2, -0.15) is 13.2 Å². The molecule has 1 aromatic carbocycles. The van der Waals surface area contributed by atoms with Crippen molar-refractivity contribution in [2.45, 2.75) is 24.6 Å². The normalized spacial score (nSPS) is 18.7. The lowest BCUT2D eigenvalue weighted by Crippen LogP contribution is -2.27. The van der Waals surface area contributed by atoms with E-state index in [9.17, 15) is 22.8 Å². The van der Waals surface area contributed by atoms with Crippen LogP contribution in [0.25, 0.3) is 0 Å². The lowest BCUT2D eigenvalue weighted by atomic mass is 10.3. The number of thioether (sulfide) groups is 2. The van der Waals surface area contributed by atoms with E-state index >= 15 is 0 Å². The number of carbonyl (C=O) groups is 2. The molecule has 0 spiro atoms. The number of rotatable bonds is 4. The lowest BCUT2D eigenvalue weighted by Gasteiger charge is -2.20. The zero-order valence-electron chi connectivity index (χ0n) is 13.6. The minimum atomic E-state index is -4.70. The van der Waals surface area contributed by atoms with Gasteiger partial charge in [0, 0.05) is 17.7 Å². The second kappa shape index (κ2) is 8.91. The summed E-state index contributed by atoms with van der Waals surface area (Å²) in [5.41, 5.74) is -4.37. The minimum Gasteiger partial charge on any atom is -0.326 e. The van der Waals surface area contributed by atoms with E-state index < -0.39 is 23.5 Å². The first kappa shape index (κ1) is 20.8. The number of nitrogens with zero attached hydrogens (tertiary/aromatic N) is 2. The van der Waals surface area contributed by atoms with E-state index in [4.69, 9.17) is 4.84 Å². The summed E-state index contributed by atoms with van der Waals surface area (Å²) >= 11 is 2.31. The Hall–Kier alpha value is -1.53. The van der Waals surface area contributed by atoms with Gasteiger partial charge in [-0.3, -0.25) is 9.63 Å². The van der Waals surface area contributed by atoms with Crippen LogP contribution < -0.4 is 9.62 Å². The maximum Gasteiger partial charge on any atom is 0.462 e. The highest BCUT2D eigenvalue weighted by atomic mass is 32.2. The molecule has 1 aliphatic rings. The van der Waals surface area contributed by atoms with Crippen molar-refractivity contribution in [1.82, 2.24) is 0 Å². The third kappa shape index (κ3) is 6.32. The largest absolute Gasteiger partial charge is 0.462 e. The van der Waals surface area contributed by atoms with Crippen molar-refractivity contribution in [1.29, 1.82) is 0 Å². The number of hydrogen-bond donors (Lipinski definition) is 1. The molecule has 0 aliphatic carbocycles. The summed E-state index contributed by atoms with van der Waals surface area (Å²) in [4.78, 5) is 27.8. The summed E-state index contributed by atoms with van der Waals surface area (Å²) in [5, 5.41) is 7.46. The van der Waals surface area contributed by atoms with E-state index in [2.05, 4.69) is 10.5 Å². The smallest absolute Gasteiger partial charge is 0.326 e. The SMILES string of the molecule is CC(=O)Nc1ccc(N(SC(F)(F)F)C(=O)ON=C2SCSC2C)cc1. The molecule has 1 fully saturated rings. The van der Waals surface area contributed by atoms with E-state index in [-0.39, 0.29) is 16.8 Å². The first-order valence-electron chi connectivity index (χ1n) is 7.12. The number of hydrogen-bond acceptors (Lipinski definition) is 7. The Labute approximate surface area is 160 Å². The second-order valence-electron chi connectivity index (χ2n) is 4.92. The summed E-state index contributed by atoms with van der Waals surface area (Å²) < 4.78 is 38.8. The van der Waals surface area contributed by atoms with Gasteiger partial charge in [0.2, 0.25) is 5.91 Å². The van der Waals surface area contributed by atoms with Gasteiger partial charge in [0.15, 0.2) is 0 Å². The third-order valence-corrected chi connectivity index (χ3v) is 6.23. The molecule has 0 aromatic heterocycles. The maximum atomic E-state index is 12.8. The summed E-state index contributed by atoms with van der Waals surface area (Å²) in [6.45, 7) is 3.16. The van der Waals surface area contributed by atoms with Gasteiger partial charge in [-0.25, -0.2) is 9.10 Å². The van der Waals surface area contributed by atoms with Crippen LogP contribution in [0, 0.1) is 0 Å². The van der Waals surface area contributed by atoms with Crippen LogP contribution in [-0.4, -0.2) is 32.9 Å². The number of alkyl halides is 3. The average molecular weight is 425 g/mol. The number of benzene rings is 1. The van der Waals surface area contributed by atoms with Gasteiger partial charge in [-0.1, -0.05) is 16.9 Å². The van der Waals surface area contributed by atoms with Crippen LogP contribution in [0.15, 0.2) is 29.4 Å². The van der Waals surface area contributed by atoms with Crippen LogP contribution in [0.2, 0.25) is 0 Å². The number of amides is 2. The van der Waals surface area contributed by atoms with Crippen LogP contribution in [-0.2, 0) is 9.63 Å². The molecule has 1 heterocycles. The van der Waals surface area contributed by atoms with Crippen molar-refractivity contribution in [3.63, 3.8) is 0 Å². The van der Waals surface area contributed by atoms with Crippen molar-refractivity contribution in [3.05, 3.63) is 24.3 Å². The van der Waals surface area contributed by atoms with Gasteiger partial charge >= 0.3 is 11.6 Å². The summed E-state index contributed by atoms with van der Waals surface area (Å²) in [6.07, 6.45) is -1.27. The quantitative estimate of drug-likeness (QED) is 0.421.